The fourth-order valence-corrected chi connectivity index (χ4v) is 3.91. The van der Waals surface area contributed by atoms with E-state index in [1.807, 2.05) is 5.38 Å². The number of rotatable bonds is 2. The van der Waals surface area contributed by atoms with Crippen molar-refractivity contribution >= 4 is 17.2 Å². The summed E-state index contributed by atoms with van der Waals surface area (Å²) in [6.07, 6.45) is 3.50. The number of nitrogens with one attached hydrogen (secondary N) is 1. The minimum atomic E-state index is -0.154. The van der Waals surface area contributed by atoms with E-state index in [2.05, 4.69) is 22.1 Å². The van der Waals surface area contributed by atoms with Gasteiger partial charge in [0.05, 0.1) is 10.4 Å². The highest BCUT2D eigenvalue weighted by atomic mass is 32.1. The number of hydrogen-bond acceptors (Lipinski definition) is 4. The third-order valence-electron chi connectivity index (χ3n) is 4.07. The van der Waals surface area contributed by atoms with Crippen LogP contribution in [0.3, 0.4) is 0 Å². The fraction of sp³-hybridized carbons (Fsp3) is 0.533. The number of fused-ring (bicyclic) bond motifs is 1. The quantitative estimate of drug-likeness (QED) is 0.801. The topological polar surface area (TPSA) is 52.6 Å². The summed E-state index contributed by atoms with van der Waals surface area (Å²) in [4.78, 5) is 15.6. The van der Waals surface area contributed by atoms with Crippen LogP contribution in [0.25, 0.3) is 0 Å². The van der Waals surface area contributed by atoms with Crippen molar-refractivity contribution in [1.29, 1.82) is 0 Å². The Kier molecular flexibility index (Phi) is 4.06. The van der Waals surface area contributed by atoms with Crippen LogP contribution in [0.2, 0.25) is 0 Å². The van der Waals surface area contributed by atoms with E-state index in [1.165, 1.54) is 30.7 Å². The van der Waals surface area contributed by atoms with Gasteiger partial charge in [0.25, 0.3) is 5.91 Å². The Bertz CT molecular complexity index is 558. The molecule has 1 aromatic rings. The molecule has 2 aliphatic heterocycles. The van der Waals surface area contributed by atoms with Gasteiger partial charge in [-0.15, -0.1) is 11.3 Å². The van der Waals surface area contributed by atoms with E-state index < -0.39 is 0 Å². The first-order valence-corrected chi connectivity index (χ1v) is 7.89. The Morgan fingerprint density at radius 2 is 2.40 bits per heavy atom. The molecule has 2 fully saturated rings. The smallest absolute Gasteiger partial charge is 0.252 e. The van der Waals surface area contributed by atoms with E-state index in [-0.39, 0.29) is 18.6 Å². The van der Waals surface area contributed by atoms with E-state index in [9.17, 15) is 4.79 Å². The molecule has 106 valence electrons. The molecule has 2 N–H and O–H groups in total. The van der Waals surface area contributed by atoms with Crippen molar-refractivity contribution in [2.75, 3.05) is 19.7 Å². The monoisotopic (exact) mass is 290 g/mol. The Balaban J connectivity index is 1.63. The third kappa shape index (κ3) is 2.73. The van der Waals surface area contributed by atoms with Crippen LogP contribution >= 0.6 is 11.3 Å². The van der Waals surface area contributed by atoms with Gasteiger partial charge >= 0.3 is 0 Å². The lowest BCUT2D eigenvalue weighted by molar-refractivity contribution is 0.0930. The average molecular weight is 290 g/mol. The SMILES string of the molecule is O=C(NC1CCN2CCCC12)c1csc(C#CCO)c1. The summed E-state index contributed by atoms with van der Waals surface area (Å²) in [5.41, 5.74) is 0.675. The fourth-order valence-electron chi connectivity index (χ4n) is 3.15. The molecule has 0 aromatic carbocycles. The van der Waals surface area contributed by atoms with Crippen molar-refractivity contribution in [2.24, 2.45) is 0 Å². The van der Waals surface area contributed by atoms with Crippen LogP contribution in [-0.2, 0) is 0 Å². The minimum absolute atomic E-state index is 0.00273. The van der Waals surface area contributed by atoms with Crippen LogP contribution in [0, 0.1) is 11.8 Å². The maximum atomic E-state index is 12.3. The molecule has 3 heterocycles. The molecule has 3 rings (SSSR count). The van der Waals surface area contributed by atoms with Gasteiger partial charge in [0.2, 0.25) is 0 Å². The molecule has 0 bridgehead atoms. The summed E-state index contributed by atoms with van der Waals surface area (Å²) in [5, 5.41) is 13.7. The first-order valence-electron chi connectivity index (χ1n) is 7.01. The Morgan fingerprint density at radius 1 is 1.50 bits per heavy atom. The number of carbonyl (C=O) groups excluding carboxylic acids is 1. The summed E-state index contributed by atoms with van der Waals surface area (Å²) < 4.78 is 0. The number of carbonyl (C=O) groups is 1. The van der Waals surface area contributed by atoms with Crippen molar-refractivity contribution in [3.8, 4) is 11.8 Å². The van der Waals surface area contributed by atoms with Gasteiger partial charge in [0, 0.05) is 24.0 Å². The van der Waals surface area contributed by atoms with Crippen LogP contribution in [0.4, 0.5) is 0 Å². The van der Waals surface area contributed by atoms with Gasteiger partial charge in [-0.3, -0.25) is 9.69 Å². The molecule has 0 saturated carbocycles. The Morgan fingerprint density at radius 3 is 3.25 bits per heavy atom. The zero-order valence-electron chi connectivity index (χ0n) is 11.3. The van der Waals surface area contributed by atoms with E-state index in [1.54, 1.807) is 6.07 Å². The molecule has 2 saturated heterocycles. The van der Waals surface area contributed by atoms with Gasteiger partial charge in [0.15, 0.2) is 0 Å². The third-order valence-corrected chi connectivity index (χ3v) is 4.92. The van der Waals surface area contributed by atoms with Crippen LogP contribution in [-0.4, -0.2) is 47.7 Å². The number of hydrogen-bond donors (Lipinski definition) is 2. The zero-order chi connectivity index (χ0) is 13.9. The Hall–Kier alpha value is -1.35. The van der Waals surface area contributed by atoms with Gasteiger partial charge in [-0.25, -0.2) is 0 Å². The summed E-state index contributed by atoms with van der Waals surface area (Å²) in [6, 6.07) is 2.62. The molecular formula is C15H18N2O2S. The normalized spacial score (nSPS) is 25.1. The first kappa shape index (κ1) is 13.6. The molecule has 2 atom stereocenters. The second kappa shape index (κ2) is 5.96. The van der Waals surface area contributed by atoms with Crippen molar-refractivity contribution in [1.82, 2.24) is 10.2 Å². The highest BCUT2D eigenvalue weighted by Gasteiger charge is 2.37. The molecule has 5 heteroatoms. The molecule has 0 aliphatic carbocycles. The molecular weight excluding hydrogens is 272 g/mol. The molecule has 1 amide bonds. The van der Waals surface area contributed by atoms with Gasteiger partial charge in [-0.1, -0.05) is 11.8 Å². The number of amides is 1. The highest BCUT2D eigenvalue weighted by molar-refractivity contribution is 7.10. The lowest BCUT2D eigenvalue weighted by Crippen LogP contribution is -2.42. The summed E-state index contributed by atoms with van der Waals surface area (Å²) in [6.45, 7) is 2.13. The number of thiophene rings is 1. The van der Waals surface area contributed by atoms with Gasteiger partial charge in [-0.05, 0) is 31.9 Å². The second-order valence-corrected chi connectivity index (χ2v) is 6.18. The molecule has 2 unspecified atom stereocenters. The highest BCUT2D eigenvalue weighted by Crippen LogP contribution is 2.28. The first-order chi connectivity index (χ1) is 9.78. The number of aliphatic hydroxyl groups is 1. The summed E-state index contributed by atoms with van der Waals surface area (Å²) in [7, 11) is 0. The second-order valence-electron chi connectivity index (χ2n) is 5.27. The number of nitrogens with zero attached hydrogens (tertiary/aromatic N) is 1. The lowest BCUT2D eigenvalue weighted by atomic mass is 10.1. The molecule has 0 radical (unpaired) electrons. The van der Waals surface area contributed by atoms with E-state index in [0.29, 0.717) is 11.6 Å². The predicted molar refractivity (Wildman–Crippen MR) is 78.7 cm³/mol. The van der Waals surface area contributed by atoms with Crippen LogP contribution < -0.4 is 5.32 Å². The number of aliphatic hydroxyl groups excluding tert-OH is 1. The van der Waals surface area contributed by atoms with Crippen molar-refractivity contribution in [3.63, 3.8) is 0 Å². The van der Waals surface area contributed by atoms with Crippen molar-refractivity contribution in [3.05, 3.63) is 21.9 Å². The van der Waals surface area contributed by atoms with Crippen molar-refractivity contribution in [2.45, 2.75) is 31.3 Å². The van der Waals surface area contributed by atoms with Crippen molar-refractivity contribution < 1.29 is 9.90 Å². The van der Waals surface area contributed by atoms with Gasteiger partial charge in [0.1, 0.15) is 6.61 Å². The minimum Gasteiger partial charge on any atom is -0.384 e. The maximum absolute atomic E-state index is 12.3. The summed E-state index contributed by atoms with van der Waals surface area (Å²) in [5.74, 6) is 5.43. The zero-order valence-corrected chi connectivity index (χ0v) is 12.1. The average Bonchev–Trinajstić information content (AvgIpc) is 3.14. The molecule has 20 heavy (non-hydrogen) atoms. The summed E-state index contributed by atoms with van der Waals surface area (Å²) >= 11 is 1.44. The molecule has 4 nitrogen and oxygen atoms in total. The van der Waals surface area contributed by atoms with Crippen LogP contribution in [0.15, 0.2) is 11.4 Å². The molecule has 2 aliphatic rings. The lowest BCUT2D eigenvalue weighted by Gasteiger charge is -2.20. The standard InChI is InChI=1S/C15H18N2O2S/c18-8-2-3-12-9-11(10-20-12)15(19)16-13-5-7-17-6-1-4-14(13)17/h9-10,13-14,18H,1,4-8H2,(H,16,19). The van der Waals surface area contributed by atoms with Gasteiger partial charge < -0.3 is 10.4 Å². The van der Waals surface area contributed by atoms with E-state index in [0.717, 1.165) is 17.8 Å². The van der Waals surface area contributed by atoms with Crippen LogP contribution in [0.1, 0.15) is 34.5 Å². The largest absolute Gasteiger partial charge is 0.384 e. The molecule has 1 aromatic heterocycles. The van der Waals surface area contributed by atoms with E-state index in [4.69, 9.17) is 5.11 Å². The van der Waals surface area contributed by atoms with Crippen LogP contribution in [0.5, 0.6) is 0 Å². The predicted octanol–water partition coefficient (Wildman–Crippen LogP) is 1.06. The van der Waals surface area contributed by atoms with E-state index >= 15 is 0 Å². The maximum Gasteiger partial charge on any atom is 0.252 e. The Labute approximate surface area is 122 Å². The van der Waals surface area contributed by atoms with Gasteiger partial charge in [-0.2, -0.15) is 0 Å². The molecule has 0 spiro atoms.